The van der Waals surface area contributed by atoms with Gasteiger partial charge < -0.3 is 15.2 Å². The van der Waals surface area contributed by atoms with E-state index in [2.05, 4.69) is 0 Å². The van der Waals surface area contributed by atoms with Gasteiger partial charge in [0.1, 0.15) is 5.75 Å². The van der Waals surface area contributed by atoms with Crippen LogP contribution in [0.1, 0.15) is 5.56 Å². The highest BCUT2D eigenvalue weighted by molar-refractivity contribution is 5.52. The Balaban J connectivity index is 1.92. The summed E-state index contributed by atoms with van der Waals surface area (Å²) in [4.78, 5) is 0. The zero-order valence-electron chi connectivity index (χ0n) is 10.7. The van der Waals surface area contributed by atoms with Crippen LogP contribution >= 0.6 is 0 Å². The van der Waals surface area contributed by atoms with E-state index in [1.54, 1.807) is 19.2 Å². The van der Waals surface area contributed by atoms with E-state index in [1.807, 2.05) is 24.3 Å². The molecule has 0 aliphatic carbocycles. The first-order valence-electron chi connectivity index (χ1n) is 6.00. The van der Waals surface area contributed by atoms with Crippen LogP contribution in [-0.4, -0.2) is 13.7 Å². The molecule has 0 saturated heterocycles. The fourth-order valence-corrected chi connectivity index (χ4v) is 1.74. The van der Waals surface area contributed by atoms with Gasteiger partial charge in [-0.15, -0.1) is 0 Å². The lowest BCUT2D eigenvalue weighted by molar-refractivity contribution is 0.307. The molecule has 0 saturated carbocycles. The summed E-state index contributed by atoms with van der Waals surface area (Å²) in [7, 11) is 1.62. The molecule has 2 N–H and O–H groups in total. The van der Waals surface area contributed by atoms with Crippen LogP contribution in [0.4, 0.5) is 10.1 Å². The van der Waals surface area contributed by atoms with E-state index in [-0.39, 0.29) is 5.75 Å². The Morgan fingerprint density at radius 3 is 2.47 bits per heavy atom. The zero-order valence-corrected chi connectivity index (χ0v) is 10.7. The monoisotopic (exact) mass is 261 g/mol. The normalized spacial score (nSPS) is 10.2. The van der Waals surface area contributed by atoms with Crippen LogP contribution in [0, 0.1) is 5.82 Å². The molecule has 100 valence electrons. The van der Waals surface area contributed by atoms with Crippen LogP contribution in [0.2, 0.25) is 0 Å². The number of halogens is 1. The maximum Gasteiger partial charge on any atom is 0.177 e. The molecule has 4 heteroatoms. The number of hydrogen-bond acceptors (Lipinski definition) is 3. The quantitative estimate of drug-likeness (QED) is 0.841. The van der Waals surface area contributed by atoms with Crippen LogP contribution in [0.25, 0.3) is 0 Å². The number of rotatable bonds is 5. The second-order valence-corrected chi connectivity index (χ2v) is 4.10. The lowest BCUT2D eigenvalue weighted by Crippen LogP contribution is -2.05. The first kappa shape index (κ1) is 13.2. The second kappa shape index (κ2) is 6.09. The van der Waals surface area contributed by atoms with Crippen molar-refractivity contribution in [3.8, 4) is 11.5 Å². The molecule has 2 rings (SSSR count). The van der Waals surface area contributed by atoms with Crippen LogP contribution in [-0.2, 0) is 6.42 Å². The lowest BCUT2D eigenvalue weighted by atomic mass is 10.1. The van der Waals surface area contributed by atoms with Gasteiger partial charge in [0.15, 0.2) is 11.6 Å². The first-order chi connectivity index (χ1) is 9.20. The van der Waals surface area contributed by atoms with Gasteiger partial charge in [-0.25, -0.2) is 4.39 Å². The van der Waals surface area contributed by atoms with Crippen LogP contribution in [0.15, 0.2) is 42.5 Å². The van der Waals surface area contributed by atoms with Crippen molar-refractivity contribution in [3.05, 3.63) is 53.8 Å². The molecule has 0 spiro atoms. The molecule has 3 nitrogen and oxygen atoms in total. The molecule has 2 aromatic rings. The Morgan fingerprint density at radius 1 is 1.11 bits per heavy atom. The molecule has 0 radical (unpaired) electrons. The van der Waals surface area contributed by atoms with E-state index >= 15 is 0 Å². The minimum atomic E-state index is -0.435. The lowest BCUT2D eigenvalue weighted by Gasteiger charge is -2.09. The summed E-state index contributed by atoms with van der Waals surface area (Å²) in [6.45, 7) is 0.372. The van der Waals surface area contributed by atoms with Gasteiger partial charge in [0.25, 0.3) is 0 Å². The summed E-state index contributed by atoms with van der Waals surface area (Å²) in [6, 6.07) is 12.2. The third kappa shape index (κ3) is 3.37. The molecule has 0 unspecified atom stereocenters. The van der Waals surface area contributed by atoms with Crippen LogP contribution < -0.4 is 15.2 Å². The van der Waals surface area contributed by atoms with E-state index in [9.17, 15) is 4.39 Å². The summed E-state index contributed by atoms with van der Waals surface area (Å²) in [5.41, 5.74) is 7.07. The predicted molar refractivity (Wildman–Crippen MR) is 73.0 cm³/mol. The Labute approximate surface area is 111 Å². The van der Waals surface area contributed by atoms with Crippen molar-refractivity contribution in [1.82, 2.24) is 0 Å². The number of methoxy groups -OCH3 is 1. The molecule has 19 heavy (non-hydrogen) atoms. The molecule has 2 aromatic carbocycles. The summed E-state index contributed by atoms with van der Waals surface area (Å²) in [5, 5.41) is 0. The van der Waals surface area contributed by atoms with E-state index in [1.165, 1.54) is 6.07 Å². The number of benzene rings is 2. The van der Waals surface area contributed by atoms with Crippen molar-refractivity contribution in [1.29, 1.82) is 0 Å². The molecule has 0 aromatic heterocycles. The fraction of sp³-hybridized carbons (Fsp3) is 0.200. The molecular formula is C15H16FNO2. The van der Waals surface area contributed by atoms with E-state index in [0.29, 0.717) is 18.7 Å². The maximum absolute atomic E-state index is 13.5. The average Bonchev–Trinajstić information content (AvgIpc) is 2.43. The van der Waals surface area contributed by atoms with E-state index in [0.717, 1.165) is 11.3 Å². The largest absolute Gasteiger partial charge is 0.497 e. The maximum atomic E-state index is 13.5. The molecule has 0 heterocycles. The summed E-state index contributed by atoms with van der Waals surface area (Å²) in [6.07, 6.45) is 0.678. The molecule has 0 atom stereocenters. The summed E-state index contributed by atoms with van der Waals surface area (Å²) >= 11 is 0. The highest BCUT2D eigenvalue weighted by Crippen LogP contribution is 2.24. The van der Waals surface area contributed by atoms with Gasteiger partial charge in [-0.3, -0.25) is 0 Å². The third-order valence-electron chi connectivity index (χ3n) is 2.79. The minimum absolute atomic E-state index is 0.121. The summed E-state index contributed by atoms with van der Waals surface area (Å²) in [5.74, 6) is 0.494. The number of nitrogen functional groups attached to an aromatic ring is 1. The Bertz CT molecular complexity index is 520. The van der Waals surface area contributed by atoms with Gasteiger partial charge in [-0.05, 0) is 29.8 Å². The first-order valence-corrected chi connectivity index (χ1v) is 6.00. The third-order valence-corrected chi connectivity index (χ3v) is 2.79. The van der Waals surface area contributed by atoms with Gasteiger partial charge in [0.2, 0.25) is 0 Å². The second-order valence-electron chi connectivity index (χ2n) is 4.10. The molecule has 0 bridgehead atoms. The van der Waals surface area contributed by atoms with E-state index < -0.39 is 5.82 Å². The van der Waals surface area contributed by atoms with Gasteiger partial charge in [0.05, 0.1) is 19.4 Å². The molecule has 0 aliphatic heterocycles. The van der Waals surface area contributed by atoms with Crippen molar-refractivity contribution in [2.24, 2.45) is 0 Å². The number of anilines is 1. The molecule has 0 amide bonds. The average molecular weight is 261 g/mol. The Morgan fingerprint density at radius 2 is 1.84 bits per heavy atom. The van der Waals surface area contributed by atoms with Gasteiger partial charge >= 0.3 is 0 Å². The molecular weight excluding hydrogens is 245 g/mol. The summed E-state index contributed by atoms with van der Waals surface area (Å²) < 4.78 is 23.9. The predicted octanol–water partition coefficient (Wildman–Crippen LogP) is 3.04. The highest BCUT2D eigenvalue weighted by Gasteiger charge is 2.06. The molecule has 0 fully saturated rings. The number of para-hydroxylation sites is 1. The molecule has 0 aliphatic rings. The minimum Gasteiger partial charge on any atom is -0.497 e. The van der Waals surface area contributed by atoms with Crippen molar-refractivity contribution < 1.29 is 13.9 Å². The number of hydrogen-bond donors (Lipinski definition) is 1. The smallest absolute Gasteiger partial charge is 0.177 e. The standard InChI is InChI=1S/C15H16FNO2/c1-18-12-7-5-11(6-8-12)9-10-19-15-13(16)3-2-4-14(15)17/h2-8H,9-10,17H2,1H3. The van der Waals surface area contributed by atoms with Crippen LogP contribution in [0.5, 0.6) is 11.5 Å². The number of ether oxygens (including phenoxy) is 2. The number of nitrogens with two attached hydrogens (primary N) is 1. The van der Waals surface area contributed by atoms with Crippen LogP contribution in [0.3, 0.4) is 0 Å². The Kier molecular flexibility index (Phi) is 4.23. The van der Waals surface area contributed by atoms with Crippen molar-refractivity contribution >= 4 is 5.69 Å². The Hall–Kier alpha value is -2.23. The SMILES string of the molecule is COc1ccc(CCOc2c(N)cccc2F)cc1. The van der Waals surface area contributed by atoms with Crippen molar-refractivity contribution in [2.75, 3.05) is 19.5 Å². The fourth-order valence-electron chi connectivity index (χ4n) is 1.74. The topological polar surface area (TPSA) is 44.5 Å². The van der Waals surface area contributed by atoms with Crippen molar-refractivity contribution in [2.45, 2.75) is 6.42 Å². The van der Waals surface area contributed by atoms with Crippen molar-refractivity contribution in [3.63, 3.8) is 0 Å². The van der Waals surface area contributed by atoms with E-state index in [4.69, 9.17) is 15.2 Å². The highest BCUT2D eigenvalue weighted by atomic mass is 19.1. The van der Waals surface area contributed by atoms with Gasteiger partial charge in [-0.1, -0.05) is 18.2 Å². The van der Waals surface area contributed by atoms with Gasteiger partial charge in [-0.2, -0.15) is 0 Å². The zero-order chi connectivity index (χ0) is 13.7. The van der Waals surface area contributed by atoms with Gasteiger partial charge in [0, 0.05) is 6.42 Å².